The van der Waals surface area contributed by atoms with Gasteiger partial charge in [0.05, 0.1) is 41.9 Å². The quantitative estimate of drug-likeness (QED) is 0.271. The zero-order chi connectivity index (χ0) is 27.5. The number of aryl methyl sites for hydroxylation is 1. The van der Waals surface area contributed by atoms with E-state index in [1.807, 2.05) is 38.2 Å². The molecule has 1 saturated heterocycles. The summed E-state index contributed by atoms with van der Waals surface area (Å²) in [6, 6.07) is 14.3. The number of likely N-dealkylation sites (tertiary alicyclic amines) is 1. The number of methoxy groups -OCH3 is 1. The first-order valence-electron chi connectivity index (χ1n) is 13.3. The third-order valence-corrected chi connectivity index (χ3v) is 8.07. The highest BCUT2D eigenvalue weighted by molar-refractivity contribution is 7.19. The van der Waals surface area contributed by atoms with Crippen molar-refractivity contribution >= 4 is 39.1 Å². The number of nitrogens with one attached hydrogen (secondary N) is 1. The van der Waals surface area contributed by atoms with Gasteiger partial charge in [-0.3, -0.25) is 9.69 Å². The monoisotopic (exact) mass is 545 g/mol. The number of benzene rings is 2. The smallest absolute Gasteiger partial charge is 0.231 e. The maximum atomic E-state index is 11.3. The summed E-state index contributed by atoms with van der Waals surface area (Å²) in [6.45, 7) is 8.19. The van der Waals surface area contributed by atoms with Crippen LogP contribution in [0, 0.1) is 6.92 Å². The molecule has 8 nitrogen and oxygen atoms in total. The van der Waals surface area contributed by atoms with Crippen molar-refractivity contribution in [2.24, 2.45) is 5.73 Å². The number of para-hydroxylation sites is 1. The Kier molecular flexibility index (Phi) is 7.99. The van der Waals surface area contributed by atoms with Gasteiger partial charge in [-0.05, 0) is 76.4 Å². The topological polar surface area (TPSA) is 103 Å². The number of amides is 1. The van der Waals surface area contributed by atoms with Gasteiger partial charge < -0.3 is 20.5 Å². The molecule has 0 aliphatic carbocycles. The van der Waals surface area contributed by atoms with E-state index in [-0.39, 0.29) is 12.0 Å². The average Bonchev–Trinajstić information content (AvgIpc) is 3.24. The molecule has 2 aromatic heterocycles. The molecule has 0 unspecified atom stereocenters. The number of carbonyl (C=O) groups is 1. The molecule has 3 N–H and O–H groups in total. The lowest BCUT2D eigenvalue weighted by atomic mass is 9.89. The van der Waals surface area contributed by atoms with Gasteiger partial charge in [0.1, 0.15) is 11.5 Å². The van der Waals surface area contributed by atoms with Gasteiger partial charge in [0.25, 0.3) is 0 Å². The van der Waals surface area contributed by atoms with Gasteiger partial charge >= 0.3 is 0 Å². The third-order valence-electron chi connectivity index (χ3n) is 7.04. The lowest BCUT2D eigenvalue weighted by molar-refractivity contribution is -0.119. The highest BCUT2D eigenvalue weighted by atomic mass is 32.1. The lowest BCUT2D eigenvalue weighted by Gasteiger charge is -2.31. The van der Waals surface area contributed by atoms with E-state index in [2.05, 4.69) is 46.4 Å². The number of ether oxygens (including phenoxy) is 2. The Morgan fingerprint density at radius 1 is 1.18 bits per heavy atom. The number of primary amides is 1. The van der Waals surface area contributed by atoms with Crippen LogP contribution in [0.3, 0.4) is 0 Å². The van der Waals surface area contributed by atoms with Gasteiger partial charge in [-0.25, -0.2) is 9.97 Å². The molecule has 1 amide bonds. The number of carbonyl (C=O) groups excluding carboxylic acids is 1. The van der Waals surface area contributed by atoms with Crippen LogP contribution >= 0.6 is 11.3 Å². The minimum absolute atomic E-state index is 0.0123. The van der Waals surface area contributed by atoms with Crippen LogP contribution in [0.15, 0.2) is 48.7 Å². The summed E-state index contributed by atoms with van der Waals surface area (Å²) in [7, 11) is 1.69. The maximum absolute atomic E-state index is 11.3. The van der Waals surface area contributed by atoms with Crippen molar-refractivity contribution in [1.82, 2.24) is 14.9 Å². The number of hydrogen-bond acceptors (Lipinski definition) is 8. The summed E-state index contributed by atoms with van der Waals surface area (Å²) < 4.78 is 12.9. The van der Waals surface area contributed by atoms with E-state index in [0.717, 1.165) is 69.3 Å². The van der Waals surface area contributed by atoms with Crippen LogP contribution in [0.2, 0.25) is 0 Å². The first kappa shape index (κ1) is 26.9. The van der Waals surface area contributed by atoms with Gasteiger partial charge in [-0.15, -0.1) is 11.3 Å². The number of nitrogens with two attached hydrogens (primary N) is 1. The number of aromatic nitrogens is 2. The van der Waals surface area contributed by atoms with Crippen LogP contribution in [-0.4, -0.2) is 53.6 Å². The molecule has 1 fully saturated rings. The molecule has 0 bridgehead atoms. The normalized spacial score (nSPS) is 14.6. The molecule has 0 spiro atoms. The number of anilines is 2. The highest BCUT2D eigenvalue weighted by Gasteiger charge is 2.23. The Hall–Kier alpha value is -3.69. The minimum Gasteiger partial charge on any atom is -0.496 e. The summed E-state index contributed by atoms with van der Waals surface area (Å²) in [5, 5.41) is 3.41. The van der Waals surface area contributed by atoms with Crippen molar-refractivity contribution in [3.05, 3.63) is 59.1 Å². The zero-order valence-corrected chi connectivity index (χ0v) is 23.7. The van der Waals surface area contributed by atoms with Crippen molar-refractivity contribution < 1.29 is 14.3 Å². The molecule has 0 saturated carbocycles. The molecular formula is C30H35N5O3S. The summed E-state index contributed by atoms with van der Waals surface area (Å²) in [5.41, 5.74) is 10.4. The van der Waals surface area contributed by atoms with Crippen molar-refractivity contribution in [3.8, 4) is 22.6 Å². The van der Waals surface area contributed by atoms with E-state index in [1.165, 1.54) is 5.56 Å². The lowest BCUT2D eigenvalue weighted by Crippen LogP contribution is -2.39. The van der Waals surface area contributed by atoms with Crippen LogP contribution in [0.1, 0.15) is 43.0 Å². The fraction of sp³-hybridized carbons (Fsp3) is 0.367. The van der Waals surface area contributed by atoms with Gasteiger partial charge in [-0.2, -0.15) is 0 Å². The Bertz CT molecular complexity index is 1480. The fourth-order valence-corrected chi connectivity index (χ4v) is 6.24. The molecule has 39 heavy (non-hydrogen) atoms. The molecule has 1 aliphatic heterocycles. The molecule has 204 valence electrons. The molecule has 3 heterocycles. The van der Waals surface area contributed by atoms with Gasteiger partial charge in [0.15, 0.2) is 0 Å². The van der Waals surface area contributed by atoms with Crippen molar-refractivity contribution in [3.63, 3.8) is 0 Å². The van der Waals surface area contributed by atoms with Crippen LogP contribution in [-0.2, 0) is 4.79 Å². The minimum atomic E-state index is -0.274. The SMILES string of the molecule is COc1ccccc1-c1c(C)sc2cnc(Nc3ccc(C4CCN(CC(N)=O)CC4)cc3OC(C)C)nc12. The highest BCUT2D eigenvalue weighted by Crippen LogP contribution is 2.42. The molecule has 1 aliphatic rings. The van der Waals surface area contributed by atoms with Gasteiger partial charge in [0.2, 0.25) is 11.9 Å². The van der Waals surface area contributed by atoms with E-state index >= 15 is 0 Å². The van der Waals surface area contributed by atoms with Crippen LogP contribution in [0.5, 0.6) is 11.5 Å². The summed E-state index contributed by atoms with van der Waals surface area (Å²) in [5.74, 6) is 2.24. The van der Waals surface area contributed by atoms with Crippen LogP contribution in [0.4, 0.5) is 11.6 Å². The molecular weight excluding hydrogens is 510 g/mol. The summed E-state index contributed by atoms with van der Waals surface area (Å²) in [4.78, 5) is 24.1. The summed E-state index contributed by atoms with van der Waals surface area (Å²) in [6.07, 6.45) is 3.84. The molecule has 9 heteroatoms. The van der Waals surface area contributed by atoms with E-state index in [0.29, 0.717) is 18.4 Å². The summed E-state index contributed by atoms with van der Waals surface area (Å²) >= 11 is 1.68. The third kappa shape index (κ3) is 5.99. The van der Waals surface area contributed by atoms with Crippen molar-refractivity contribution in [2.75, 3.05) is 32.1 Å². The Labute approximate surface area is 233 Å². The Morgan fingerprint density at radius 2 is 1.95 bits per heavy atom. The number of piperidine rings is 1. The van der Waals surface area contributed by atoms with Gasteiger partial charge in [0, 0.05) is 16.0 Å². The number of nitrogens with zero attached hydrogens (tertiary/aromatic N) is 3. The van der Waals surface area contributed by atoms with Gasteiger partial charge in [-0.1, -0.05) is 24.3 Å². The number of thiophene rings is 1. The second kappa shape index (κ2) is 11.6. The van der Waals surface area contributed by atoms with E-state index in [4.69, 9.17) is 20.2 Å². The largest absolute Gasteiger partial charge is 0.496 e. The first-order valence-corrected chi connectivity index (χ1v) is 14.1. The molecule has 4 aromatic rings. The van der Waals surface area contributed by atoms with Crippen LogP contribution in [0.25, 0.3) is 21.3 Å². The second-order valence-electron chi connectivity index (χ2n) is 10.2. The number of fused-ring (bicyclic) bond motifs is 1. The Morgan fingerprint density at radius 3 is 2.67 bits per heavy atom. The number of hydrogen-bond donors (Lipinski definition) is 2. The van der Waals surface area contributed by atoms with E-state index in [9.17, 15) is 4.79 Å². The van der Waals surface area contributed by atoms with E-state index in [1.54, 1.807) is 18.4 Å². The average molecular weight is 546 g/mol. The van der Waals surface area contributed by atoms with Crippen LogP contribution < -0.4 is 20.5 Å². The zero-order valence-electron chi connectivity index (χ0n) is 22.9. The predicted molar refractivity (Wildman–Crippen MR) is 157 cm³/mol. The Balaban J connectivity index is 1.43. The first-order chi connectivity index (χ1) is 18.8. The molecule has 0 atom stereocenters. The maximum Gasteiger partial charge on any atom is 0.231 e. The molecule has 5 rings (SSSR count). The standard InChI is InChI=1S/C30H35N5O3S/c1-18(2)38-25-15-21(20-11-13-35(14-12-20)17-27(31)36)9-10-23(25)33-30-32-16-26-29(34-30)28(19(3)39-26)22-7-5-6-8-24(22)37-4/h5-10,15-16,18,20H,11-14,17H2,1-4H3,(H2,31,36)(H,32,33,34). The van der Waals surface area contributed by atoms with E-state index < -0.39 is 0 Å². The molecule has 2 aromatic carbocycles. The van der Waals surface area contributed by atoms with Crippen molar-refractivity contribution in [2.45, 2.75) is 45.6 Å². The second-order valence-corrected chi connectivity index (χ2v) is 11.5. The predicted octanol–water partition coefficient (Wildman–Crippen LogP) is 5.87. The molecule has 0 radical (unpaired) electrons. The fourth-order valence-electron chi connectivity index (χ4n) is 5.25. The number of rotatable bonds is 9. The van der Waals surface area contributed by atoms with Crippen molar-refractivity contribution in [1.29, 1.82) is 0 Å².